The zero-order chi connectivity index (χ0) is 17.1. The van der Waals surface area contributed by atoms with Gasteiger partial charge in [-0.25, -0.2) is 0 Å². The monoisotopic (exact) mass is 389 g/mol. The van der Waals surface area contributed by atoms with Gasteiger partial charge in [-0.3, -0.25) is 9.48 Å². The van der Waals surface area contributed by atoms with Gasteiger partial charge in [0.15, 0.2) is 17.2 Å². The quantitative estimate of drug-likeness (QED) is 0.851. The lowest BCUT2D eigenvalue weighted by Gasteiger charge is -2.11. The van der Waals surface area contributed by atoms with Crippen molar-refractivity contribution in [2.45, 2.75) is 13.5 Å². The number of aryl methyl sites for hydroxylation is 1. The second-order valence-electron chi connectivity index (χ2n) is 4.57. The average molecular weight is 390 g/mol. The highest BCUT2D eigenvalue weighted by Gasteiger charge is 2.19. The van der Waals surface area contributed by atoms with Crippen molar-refractivity contribution in [2.75, 3.05) is 12.4 Å². The van der Waals surface area contributed by atoms with Gasteiger partial charge in [-0.05, 0) is 35.0 Å². The van der Waals surface area contributed by atoms with Gasteiger partial charge in [0.1, 0.15) is 0 Å². The second-order valence-corrected chi connectivity index (χ2v) is 5.36. The maximum Gasteiger partial charge on any atom is 0.387 e. The molecule has 0 bridgehead atoms. The van der Waals surface area contributed by atoms with E-state index < -0.39 is 12.5 Å². The zero-order valence-corrected chi connectivity index (χ0v) is 14.1. The van der Waals surface area contributed by atoms with Crippen LogP contribution in [0.3, 0.4) is 0 Å². The molecular weight excluding hydrogens is 376 g/mol. The third-order valence-electron chi connectivity index (χ3n) is 3.11. The lowest BCUT2D eigenvalue weighted by Crippen LogP contribution is -2.14. The minimum Gasteiger partial charge on any atom is -0.493 e. The van der Waals surface area contributed by atoms with Crippen molar-refractivity contribution in [2.24, 2.45) is 7.05 Å². The number of alkyl halides is 2. The normalized spacial score (nSPS) is 10.7. The summed E-state index contributed by atoms with van der Waals surface area (Å²) >= 11 is 3.31. The van der Waals surface area contributed by atoms with Gasteiger partial charge in [0.05, 0.1) is 17.3 Å². The van der Waals surface area contributed by atoms with Crippen LogP contribution < -0.4 is 14.8 Å². The zero-order valence-electron chi connectivity index (χ0n) is 12.6. The van der Waals surface area contributed by atoms with Crippen LogP contribution in [-0.4, -0.2) is 29.4 Å². The topological polar surface area (TPSA) is 65.4 Å². The summed E-state index contributed by atoms with van der Waals surface area (Å²) in [5.41, 5.74) is 1.38. The van der Waals surface area contributed by atoms with Crippen LogP contribution in [0, 0.1) is 6.92 Å². The highest BCUT2D eigenvalue weighted by molar-refractivity contribution is 9.10. The Morgan fingerprint density at radius 3 is 2.61 bits per heavy atom. The van der Waals surface area contributed by atoms with E-state index in [1.807, 2.05) is 6.92 Å². The molecule has 1 amide bonds. The molecule has 1 heterocycles. The Kier molecular flexibility index (Phi) is 5.19. The number of carbonyl (C=O) groups excluding carboxylic acids is 1. The summed E-state index contributed by atoms with van der Waals surface area (Å²) in [5, 5.41) is 6.74. The Morgan fingerprint density at radius 1 is 1.39 bits per heavy atom. The predicted octanol–water partition coefficient (Wildman–Crippen LogP) is 3.35. The Bertz CT molecular complexity index is 734. The van der Waals surface area contributed by atoms with E-state index in [4.69, 9.17) is 4.74 Å². The molecule has 1 aromatic heterocycles. The summed E-state index contributed by atoms with van der Waals surface area (Å²) < 4.78 is 36.0. The van der Waals surface area contributed by atoms with Crippen LogP contribution in [0.15, 0.2) is 22.7 Å². The Morgan fingerprint density at radius 2 is 2.09 bits per heavy atom. The molecule has 0 atom stereocenters. The number of halogens is 3. The van der Waals surface area contributed by atoms with E-state index in [0.29, 0.717) is 10.2 Å². The smallest absolute Gasteiger partial charge is 0.387 e. The summed E-state index contributed by atoms with van der Waals surface area (Å²) in [7, 11) is 3.04. The average Bonchev–Trinajstić information content (AvgIpc) is 2.76. The number of nitrogens with zero attached hydrogens (tertiary/aromatic N) is 2. The summed E-state index contributed by atoms with van der Waals surface area (Å²) in [6, 6.07) is 4.11. The molecule has 1 aromatic carbocycles. The number of rotatable bonds is 5. The molecular formula is C14H14BrF2N3O3. The van der Waals surface area contributed by atoms with Gasteiger partial charge in [0, 0.05) is 18.8 Å². The number of hydrogen-bond donors (Lipinski definition) is 1. The van der Waals surface area contributed by atoms with Crippen LogP contribution in [0.2, 0.25) is 0 Å². The number of ether oxygens (including phenoxy) is 2. The molecule has 0 unspecified atom stereocenters. The van der Waals surface area contributed by atoms with Gasteiger partial charge >= 0.3 is 6.61 Å². The third-order valence-corrected chi connectivity index (χ3v) is 4.06. The van der Waals surface area contributed by atoms with E-state index in [-0.39, 0.29) is 17.2 Å². The molecule has 2 aromatic rings. The molecule has 0 fully saturated rings. The van der Waals surface area contributed by atoms with Gasteiger partial charge in [0.2, 0.25) is 0 Å². The number of hydrogen-bond acceptors (Lipinski definition) is 4. The molecule has 9 heteroatoms. The minimum atomic E-state index is -2.96. The Labute approximate surface area is 139 Å². The first kappa shape index (κ1) is 17.2. The first-order valence-electron chi connectivity index (χ1n) is 6.46. The largest absolute Gasteiger partial charge is 0.493 e. The number of amides is 1. The maximum absolute atomic E-state index is 12.3. The molecule has 0 saturated heterocycles. The molecule has 0 aliphatic carbocycles. The molecule has 0 radical (unpaired) electrons. The molecule has 2 rings (SSSR count). The summed E-state index contributed by atoms with van der Waals surface area (Å²) in [6.07, 6.45) is 0. The maximum atomic E-state index is 12.3. The highest BCUT2D eigenvalue weighted by Crippen LogP contribution is 2.31. The molecule has 1 N–H and O–H groups in total. The van der Waals surface area contributed by atoms with Crippen molar-refractivity contribution in [3.05, 3.63) is 34.1 Å². The number of methoxy groups -OCH3 is 1. The summed E-state index contributed by atoms with van der Waals surface area (Å²) in [6.45, 7) is -1.15. The van der Waals surface area contributed by atoms with Crippen LogP contribution in [-0.2, 0) is 7.05 Å². The van der Waals surface area contributed by atoms with Crippen LogP contribution in [0.5, 0.6) is 11.5 Å². The van der Waals surface area contributed by atoms with Crippen molar-refractivity contribution in [3.8, 4) is 11.5 Å². The SMILES string of the molecule is COc1cc(NC(=O)c2nn(C)c(C)c2Br)ccc1OC(F)F. The fourth-order valence-electron chi connectivity index (χ4n) is 1.86. The number of aromatic nitrogens is 2. The summed E-state index contributed by atoms with van der Waals surface area (Å²) in [5.74, 6) is -0.472. The van der Waals surface area contributed by atoms with Crippen LogP contribution in [0.1, 0.15) is 16.2 Å². The Balaban J connectivity index is 2.22. The van der Waals surface area contributed by atoms with Crippen LogP contribution in [0.4, 0.5) is 14.5 Å². The van der Waals surface area contributed by atoms with E-state index in [1.54, 1.807) is 11.7 Å². The van der Waals surface area contributed by atoms with Crippen molar-refractivity contribution in [1.29, 1.82) is 0 Å². The number of nitrogens with one attached hydrogen (secondary N) is 1. The van der Waals surface area contributed by atoms with E-state index in [0.717, 1.165) is 5.69 Å². The highest BCUT2D eigenvalue weighted by atomic mass is 79.9. The molecule has 124 valence electrons. The van der Waals surface area contributed by atoms with Gasteiger partial charge in [0.25, 0.3) is 5.91 Å². The minimum absolute atomic E-state index is 0.0827. The lowest BCUT2D eigenvalue weighted by molar-refractivity contribution is -0.0512. The van der Waals surface area contributed by atoms with Crippen LogP contribution >= 0.6 is 15.9 Å². The van der Waals surface area contributed by atoms with Crippen molar-refractivity contribution in [3.63, 3.8) is 0 Å². The van der Waals surface area contributed by atoms with Gasteiger partial charge in [-0.2, -0.15) is 13.9 Å². The lowest BCUT2D eigenvalue weighted by atomic mass is 10.2. The van der Waals surface area contributed by atoms with Gasteiger partial charge in [-0.1, -0.05) is 0 Å². The fraction of sp³-hybridized carbons (Fsp3) is 0.286. The molecule has 0 aliphatic rings. The van der Waals surface area contributed by atoms with E-state index in [9.17, 15) is 13.6 Å². The first-order valence-corrected chi connectivity index (χ1v) is 7.26. The first-order chi connectivity index (χ1) is 10.8. The number of anilines is 1. The third kappa shape index (κ3) is 3.79. The van der Waals surface area contributed by atoms with Crippen molar-refractivity contribution in [1.82, 2.24) is 9.78 Å². The second kappa shape index (κ2) is 6.95. The fourth-order valence-corrected chi connectivity index (χ4v) is 2.37. The van der Waals surface area contributed by atoms with E-state index in [1.165, 1.54) is 25.3 Å². The van der Waals surface area contributed by atoms with Gasteiger partial charge in [-0.15, -0.1) is 0 Å². The Hall–Kier alpha value is -2.16. The molecule has 0 aliphatic heterocycles. The van der Waals surface area contributed by atoms with Crippen LogP contribution in [0.25, 0.3) is 0 Å². The summed E-state index contributed by atoms with van der Waals surface area (Å²) in [4.78, 5) is 12.3. The van der Waals surface area contributed by atoms with E-state index >= 15 is 0 Å². The number of carbonyl (C=O) groups is 1. The van der Waals surface area contributed by atoms with Gasteiger partial charge < -0.3 is 14.8 Å². The molecule has 0 saturated carbocycles. The van der Waals surface area contributed by atoms with Crippen molar-refractivity contribution >= 4 is 27.5 Å². The standard InChI is InChI=1S/C14H14BrF2N3O3/c1-7-11(15)12(19-20(7)2)13(21)18-8-4-5-9(23-14(16)17)10(6-8)22-3/h4-6,14H,1-3H3,(H,18,21). The molecule has 6 nitrogen and oxygen atoms in total. The van der Waals surface area contributed by atoms with Crippen molar-refractivity contribution < 1.29 is 23.0 Å². The molecule has 0 spiro atoms. The van der Waals surface area contributed by atoms with E-state index in [2.05, 4.69) is 31.1 Å². The molecule has 23 heavy (non-hydrogen) atoms. The number of benzene rings is 1. The predicted molar refractivity (Wildman–Crippen MR) is 83.2 cm³/mol.